The monoisotopic (exact) mass is 386 g/mol. The number of nitrogens with zero attached hydrogens (tertiary/aromatic N) is 1. The van der Waals surface area contributed by atoms with Gasteiger partial charge in [0.1, 0.15) is 0 Å². The van der Waals surface area contributed by atoms with Crippen LogP contribution in [0, 0.1) is 0 Å². The van der Waals surface area contributed by atoms with E-state index in [9.17, 15) is 22.8 Å². The van der Waals surface area contributed by atoms with Crippen molar-refractivity contribution in [1.29, 1.82) is 0 Å². The molecular weight excluding hydrogens is 361 g/mol. The predicted octanol–water partition coefficient (Wildman–Crippen LogP) is 3.25. The molecule has 1 aromatic rings. The molecule has 0 saturated heterocycles. The zero-order valence-corrected chi connectivity index (χ0v) is 15.4. The molecule has 2 N–H and O–H groups in total. The molecule has 1 amide bonds. The van der Waals surface area contributed by atoms with Gasteiger partial charge in [-0.05, 0) is 43.0 Å². The van der Waals surface area contributed by atoms with Gasteiger partial charge in [-0.3, -0.25) is 14.5 Å². The summed E-state index contributed by atoms with van der Waals surface area (Å²) in [5.74, 6) is -1.20. The van der Waals surface area contributed by atoms with E-state index in [2.05, 4.69) is 5.32 Å². The van der Waals surface area contributed by atoms with Crippen molar-refractivity contribution in [3.05, 3.63) is 35.4 Å². The number of carboxylic acid groups (broad SMARTS) is 1. The lowest BCUT2D eigenvalue weighted by Gasteiger charge is -2.42. The summed E-state index contributed by atoms with van der Waals surface area (Å²) in [5, 5.41) is 11.8. The highest BCUT2D eigenvalue weighted by Gasteiger charge is 2.35. The van der Waals surface area contributed by atoms with Crippen LogP contribution in [0.2, 0.25) is 0 Å². The molecule has 0 radical (unpaired) electrons. The zero-order valence-electron chi connectivity index (χ0n) is 15.4. The third-order valence-corrected chi connectivity index (χ3v) is 5.04. The van der Waals surface area contributed by atoms with E-state index in [1.807, 2.05) is 11.8 Å². The first-order valence-electron chi connectivity index (χ1n) is 9.02. The number of carboxylic acids is 1. The number of halogens is 3. The van der Waals surface area contributed by atoms with Crippen molar-refractivity contribution >= 4 is 11.9 Å². The summed E-state index contributed by atoms with van der Waals surface area (Å²) in [6.07, 6.45) is -2.75. The molecule has 150 valence electrons. The molecule has 0 aromatic heterocycles. The lowest BCUT2D eigenvalue weighted by Crippen LogP contribution is -2.54. The molecule has 1 unspecified atom stereocenters. The molecule has 1 atom stereocenters. The topological polar surface area (TPSA) is 69.6 Å². The number of hydrogen-bond donors (Lipinski definition) is 2. The van der Waals surface area contributed by atoms with Gasteiger partial charge in [0.25, 0.3) is 0 Å². The molecule has 2 rings (SSSR count). The van der Waals surface area contributed by atoms with Gasteiger partial charge in [-0.15, -0.1) is 0 Å². The number of rotatable bonds is 8. The largest absolute Gasteiger partial charge is 0.480 e. The van der Waals surface area contributed by atoms with Crippen LogP contribution in [0.4, 0.5) is 13.2 Å². The Morgan fingerprint density at radius 2 is 1.85 bits per heavy atom. The van der Waals surface area contributed by atoms with Crippen molar-refractivity contribution < 1.29 is 27.9 Å². The van der Waals surface area contributed by atoms with Crippen LogP contribution in [0.5, 0.6) is 0 Å². The van der Waals surface area contributed by atoms with Gasteiger partial charge in [0.15, 0.2) is 0 Å². The molecule has 1 aliphatic rings. The highest BCUT2D eigenvalue weighted by Crippen LogP contribution is 2.31. The number of aliphatic carboxylic acids is 1. The molecule has 0 heterocycles. The molecule has 8 heteroatoms. The van der Waals surface area contributed by atoms with Crippen molar-refractivity contribution in [3.63, 3.8) is 0 Å². The van der Waals surface area contributed by atoms with E-state index in [1.54, 1.807) is 6.92 Å². The van der Waals surface area contributed by atoms with E-state index in [-0.39, 0.29) is 36.9 Å². The Morgan fingerprint density at radius 1 is 1.26 bits per heavy atom. The first-order valence-corrected chi connectivity index (χ1v) is 9.02. The molecule has 0 bridgehead atoms. The molecule has 1 saturated carbocycles. The second kappa shape index (κ2) is 8.73. The summed E-state index contributed by atoms with van der Waals surface area (Å²) in [4.78, 5) is 24.9. The zero-order chi connectivity index (χ0) is 20.2. The molecule has 1 aromatic carbocycles. The van der Waals surface area contributed by atoms with Crippen LogP contribution in [-0.2, 0) is 15.8 Å². The van der Waals surface area contributed by atoms with Gasteiger partial charge < -0.3 is 10.4 Å². The highest BCUT2D eigenvalue weighted by molar-refractivity contribution is 5.77. The van der Waals surface area contributed by atoms with Crippen LogP contribution in [0.15, 0.2) is 24.3 Å². The minimum atomic E-state index is -4.37. The Balaban J connectivity index is 1.78. The van der Waals surface area contributed by atoms with E-state index in [1.165, 1.54) is 12.1 Å². The van der Waals surface area contributed by atoms with Crippen molar-refractivity contribution in [2.45, 2.75) is 57.3 Å². The van der Waals surface area contributed by atoms with E-state index in [0.29, 0.717) is 24.9 Å². The predicted molar refractivity (Wildman–Crippen MR) is 94.3 cm³/mol. The van der Waals surface area contributed by atoms with E-state index in [0.717, 1.165) is 12.1 Å². The molecule has 1 aliphatic carbocycles. The van der Waals surface area contributed by atoms with Gasteiger partial charge in [-0.2, -0.15) is 13.2 Å². The van der Waals surface area contributed by atoms with Crippen LogP contribution < -0.4 is 5.32 Å². The van der Waals surface area contributed by atoms with E-state index < -0.39 is 17.7 Å². The fourth-order valence-electron chi connectivity index (χ4n) is 3.36. The third-order valence-electron chi connectivity index (χ3n) is 5.04. The minimum Gasteiger partial charge on any atom is -0.480 e. The average molecular weight is 386 g/mol. The number of amides is 1. The molecule has 27 heavy (non-hydrogen) atoms. The number of nitrogens with one attached hydrogen (secondary N) is 1. The van der Waals surface area contributed by atoms with Crippen molar-refractivity contribution in [2.24, 2.45) is 0 Å². The molecule has 1 fully saturated rings. The molecular formula is C19H25F3N2O3. The Labute approximate surface area is 156 Å². The Morgan fingerprint density at radius 3 is 2.33 bits per heavy atom. The normalized spacial score (nSPS) is 20.8. The lowest BCUT2D eigenvalue weighted by molar-refractivity contribution is -0.140. The first kappa shape index (κ1) is 21.2. The van der Waals surface area contributed by atoms with Crippen LogP contribution in [0.1, 0.15) is 50.2 Å². The molecule has 0 spiro atoms. The molecule has 0 aliphatic heterocycles. The Bertz CT molecular complexity index is 655. The Hall–Kier alpha value is -2.09. The third kappa shape index (κ3) is 5.95. The summed E-state index contributed by atoms with van der Waals surface area (Å²) in [6, 6.07) is 5.05. The second-order valence-corrected chi connectivity index (χ2v) is 7.07. The smallest absolute Gasteiger partial charge is 0.416 e. The lowest BCUT2D eigenvalue weighted by atomic mass is 9.85. The van der Waals surface area contributed by atoms with Gasteiger partial charge in [0.05, 0.1) is 12.1 Å². The number of hydrogen-bond acceptors (Lipinski definition) is 3. The maximum absolute atomic E-state index is 12.6. The number of likely N-dealkylation sites (N-methyl/N-ethyl adjacent to an activating group) is 1. The van der Waals surface area contributed by atoms with Gasteiger partial charge >= 0.3 is 12.1 Å². The van der Waals surface area contributed by atoms with Crippen molar-refractivity contribution in [3.8, 4) is 0 Å². The van der Waals surface area contributed by atoms with Crippen LogP contribution in [-0.4, -0.2) is 47.1 Å². The first-order chi connectivity index (χ1) is 12.6. The number of carbonyl (C=O) groups is 2. The summed E-state index contributed by atoms with van der Waals surface area (Å²) in [6.45, 7) is 4.34. The molecule has 5 nitrogen and oxygen atoms in total. The van der Waals surface area contributed by atoms with E-state index in [4.69, 9.17) is 5.11 Å². The number of benzene rings is 1. The minimum absolute atomic E-state index is 0.00715. The van der Waals surface area contributed by atoms with Gasteiger partial charge in [-0.25, -0.2) is 0 Å². The van der Waals surface area contributed by atoms with Crippen LogP contribution in [0.25, 0.3) is 0 Å². The SMILES string of the molecule is CCN(CC(=O)O)C1CC(NC(=O)CC(C)c2ccc(C(F)(F)F)cc2)C1. The van der Waals surface area contributed by atoms with Gasteiger partial charge in [0, 0.05) is 18.5 Å². The summed E-state index contributed by atoms with van der Waals surface area (Å²) in [7, 11) is 0. The van der Waals surface area contributed by atoms with E-state index >= 15 is 0 Å². The number of alkyl halides is 3. The van der Waals surface area contributed by atoms with Crippen molar-refractivity contribution in [1.82, 2.24) is 10.2 Å². The summed E-state index contributed by atoms with van der Waals surface area (Å²) in [5.41, 5.74) is -0.0199. The fourth-order valence-corrected chi connectivity index (χ4v) is 3.36. The maximum Gasteiger partial charge on any atom is 0.416 e. The summed E-state index contributed by atoms with van der Waals surface area (Å²) < 4.78 is 37.8. The standard InChI is InChI=1S/C19H25F3N2O3/c1-3-24(11-18(26)27)16-9-15(10-16)23-17(25)8-12(2)13-4-6-14(7-5-13)19(20,21)22/h4-7,12,15-16H,3,8-11H2,1-2H3,(H,23,25)(H,26,27). The van der Waals surface area contributed by atoms with Gasteiger partial charge in [-0.1, -0.05) is 26.0 Å². The second-order valence-electron chi connectivity index (χ2n) is 7.07. The summed E-state index contributed by atoms with van der Waals surface area (Å²) >= 11 is 0. The van der Waals surface area contributed by atoms with Crippen LogP contribution >= 0.6 is 0 Å². The Kier molecular flexibility index (Phi) is 6.86. The van der Waals surface area contributed by atoms with Crippen LogP contribution in [0.3, 0.4) is 0 Å². The average Bonchev–Trinajstić information content (AvgIpc) is 2.55. The van der Waals surface area contributed by atoms with Crippen molar-refractivity contribution in [2.75, 3.05) is 13.1 Å². The highest BCUT2D eigenvalue weighted by atomic mass is 19.4. The fraction of sp³-hybridized carbons (Fsp3) is 0.579. The van der Waals surface area contributed by atoms with Gasteiger partial charge in [0.2, 0.25) is 5.91 Å². The number of carbonyl (C=O) groups excluding carboxylic acids is 1. The quantitative estimate of drug-likeness (QED) is 0.720. The maximum atomic E-state index is 12.6.